The van der Waals surface area contributed by atoms with Crippen LogP contribution in [0.2, 0.25) is 5.02 Å². The molecule has 5 rings (SSSR count). The molecule has 0 spiro atoms. The van der Waals surface area contributed by atoms with Crippen LogP contribution in [0.1, 0.15) is 23.6 Å². The number of hydrogen-bond donors (Lipinski definition) is 1. The molecule has 180 valence electrons. The number of nitrogens with zero attached hydrogens (tertiary/aromatic N) is 3. The average molecular weight is 499 g/mol. The van der Waals surface area contributed by atoms with Crippen LogP contribution < -0.4 is 10.2 Å². The highest BCUT2D eigenvalue weighted by Crippen LogP contribution is 2.42. The number of anilines is 2. The van der Waals surface area contributed by atoms with Gasteiger partial charge in [-0.15, -0.1) is 0 Å². The molecule has 3 aromatic rings. The van der Waals surface area contributed by atoms with Crippen molar-refractivity contribution >= 4 is 34.7 Å². The predicted octanol–water partition coefficient (Wildman–Crippen LogP) is 6.64. The molecule has 1 N–H and O–H groups in total. The fourth-order valence-electron chi connectivity index (χ4n) is 4.65. The van der Waals surface area contributed by atoms with E-state index >= 15 is 0 Å². The molecule has 0 fully saturated rings. The summed E-state index contributed by atoms with van der Waals surface area (Å²) in [5.41, 5.74) is 2.85. The van der Waals surface area contributed by atoms with Gasteiger partial charge in [-0.2, -0.15) is 18.3 Å². The first-order valence-electron chi connectivity index (χ1n) is 11.1. The van der Waals surface area contributed by atoms with Gasteiger partial charge in [0.2, 0.25) is 0 Å². The van der Waals surface area contributed by atoms with Crippen molar-refractivity contribution in [2.24, 2.45) is 10.5 Å². The Bertz CT molecular complexity index is 1290. The fraction of sp³-hybridized carbons (Fsp3) is 0.231. The summed E-state index contributed by atoms with van der Waals surface area (Å²) < 4.78 is 38.5. The van der Waals surface area contributed by atoms with E-state index in [9.17, 15) is 18.0 Å². The van der Waals surface area contributed by atoms with E-state index in [0.717, 1.165) is 34.7 Å². The van der Waals surface area contributed by atoms with Gasteiger partial charge < -0.3 is 10.2 Å². The summed E-state index contributed by atoms with van der Waals surface area (Å²) in [6.45, 7) is 3.70. The summed E-state index contributed by atoms with van der Waals surface area (Å²) in [6.07, 6.45) is -4.43. The van der Waals surface area contributed by atoms with Gasteiger partial charge in [-0.05, 0) is 48.0 Å². The number of hydrazone groups is 1. The lowest BCUT2D eigenvalue weighted by molar-refractivity contribution is -0.137. The number of alkyl halides is 3. The number of fused-ring (bicyclic) bond motifs is 3. The highest BCUT2D eigenvalue weighted by atomic mass is 35.5. The van der Waals surface area contributed by atoms with Crippen LogP contribution in [-0.4, -0.2) is 29.8 Å². The zero-order valence-electron chi connectivity index (χ0n) is 18.8. The van der Waals surface area contributed by atoms with Crippen LogP contribution in [0.4, 0.5) is 29.3 Å². The molecule has 0 saturated carbocycles. The summed E-state index contributed by atoms with van der Waals surface area (Å²) in [4.78, 5) is 15.2. The molecule has 1 atom stereocenters. The highest BCUT2D eigenvalue weighted by Gasteiger charge is 2.46. The van der Waals surface area contributed by atoms with Crippen molar-refractivity contribution in [2.45, 2.75) is 19.6 Å². The lowest BCUT2D eigenvalue weighted by atomic mass is 9.78. The van der Waals surface area contributed by atoms with Gasteiger partial charge >= 0.3 is 12.2 Å². The number of rotatable bonds is 3. The summed E-state index contributed by atoms with van der Waals surface area (Å²) >= 11 is 6.32. The van der Waals surface area contributed by atoms with E-state index in [1.54, 1.807) is 6.07 Å². The second-order valence-electron chi connectivity index (χ2n) is 9.08. The average Bonchev–Trinajstić information content (AvgIpc) is 3.17. The van der Waals surface area contributed by atoms with E-state index in [0.29, 0.717) is 24.7 Å². The van der Waals surface area contributed by atoms with E-state index in [4.69, 9.17) is 11.6 Å². The van der Waals surface area contributed by atoms with Crippen LogP contribution in [0, 0.1) is 5.41 Å². The summed E-state index contributed by atoms with van der Waals surface area (Å²) in [5, 5.41) is 9.24. The van der Waals surface area contributed by atoms with Gasteiger partial charge in [0.15, 0.2) is 0 Å². The van der Waals surface area contributed by atoms with Crippen molar-refractivity contribution in [2.75, 3.05) is 23.3 Å². The van der Waals surface area contributed by atoms with Gasteiger partial charge in [-0.25, -0.2) is 9.80 Å². The summed E-state index contributed by atoms with van der Waals surface area (Å²) in [5.74, 6) is 0. The minimum absolute atomic E-state index is 0.265. The predicted molar refractivity (Wildman–Crippen MR) is 131 cm³/mol. The number of amides is 2. The van der Waals surface area contributed by atoms with Crippen molar-refractivity contribution < 1.29 is 18.0 Å². The molecular formula is C26H22ClF3N4O. The number of benzene rings is 3. The molecule has 1 unspecified atom stereocenters. The second-order valence-corrected chi connectivity index (χ2v) is 9.51. The molecule has 2 aliphatic rings. The molecule has 0 aromatic heterocycles. The Hall–Kier alpha value is -3.52. The normalized spacial score (nSPS) is 19.2. The van der Waals surface area contributed by atoms with Crippen LogP contribution in [-0.2, 0) is 12.7 Å². The van der Waals surface area contributed by atoms with Crippen molar-refractivity contribution in [1.29, 1.82) is 0 Å². The second kappa shape index (κ2) is 8.61. The first-order chi connectivity index (χ1) is 16.6. The summed E-state index contributed by atoms with van der Waals surface area (Å²) in [6, 6.07) is 19.6. The minimum atomic E-state index is -4.43. The van der Waals surface area contributed by atoms with Crippen molar-refractivity contribution in [3.05, 3.63) is 94.5 Å². The van der Waals surface area contributed by atoms with Gasteiger partial charge in [0.1, 0.15) is 0 Å². The van der Waals surface area contributed by atoms with Gasteiger partial charge in [0.05, 0.1) is 17.8 Å². The SMILES string of the molecule is CC12CN(C(=O)Nc3ccc(C(F)(F)F)cc3)N=C1c1ccc(Cl)cc1N(Cc1ccccc1)C2. The number of halogens is 4. The first kappa shape index (κ1) is 23.2. The monoisotopic (exact) mass is 498 g/mol. The third-order valence-electron chi connectivity index (χ3n) is 6.30. The third kappa shape index (κ3) is 4.58. The number of carbonyl (C=O) groups excluding carboxylic acids is 1. The van der Waals surface area contributed by atoms with Gasteiger partial charge in [0.25, 0.3) is 0 Å². The maximum atomic E-state index is 13.0. The van der Waals surface area contributed by atoms with Crippen LogP contribution in [0.15, 0.2) is 77.9 Å². The fourth-order valence-corrected chi connectivity index (χ4v) is 4.82. The zero-order valence-corrected chi connectivity index (χ0v) is 19.6. The molecule has 0 aliphatic carbocycles. The highest BCUT2D eigenvalue weighted by molar-refractivity contribution is 6.31. The van der Waals surface area contributed by atoms with Gasteiger partial charge in [-0.1, -0.05) is 48.9 Å². The van der Waals surface area contributed by atoms with E-state index in [1.807, 2.05) is 30.3 Å². The Labute approximate surface area is 205 Å². The third-order valence-corrected chi connectivity index (χ3v) is 6.54. The maximum absolute atomic E-state index is 13.0. The van der Waals surface area contributed by atoms with Crippen molar-refractivity contribution in [3.8, 4) is 0 Å². The quantitative estimate of drug-likeness (QED) is 0.440. The summed E-state index contributed by atoms with van der Waals surface area (Å²) in [7, 11) is 0. The molecule has 0 radical (unpaired) electrons. The van der Waals surface area contributed by atoms with Crippen LogP contribution in [0.5, 0.6) is 0 Å². The van der Waals surface area contributed by atoms with Gasteiger partial charge in [0, 0.05) is 40.5 Å². The standard InChI is InChI=1S/C26H22ClF3N4O/c1-25-15-33(14-17-5-3-2-4-6-17)22-13-19(27)9-12-21(22)23(25)32-34(16-25)24(35)31-20-10-7-18(8-11-20)26(28,29)30/h2-13H,14-16H2,1H3,(H,31,35). The van der Waals surface area contributed by atoms with E-state index in [-0.39, 0.29) is 5.69 Å². The smallest absolute Gasteiger partial charge is 0.366 e. The van der Waals surface area contributed by atoms with Gasteiger partial charge in [-0.3, -0.25) is 0 Å². The van der Waals surface area contributed by atoms with Crippen molar-refractivity contribution in [1.82, 2.24) is 5.01 Å². The van der Waals surface area contributed by atoms with E-state index < -0.39 is 23.2 Å². The van der Waals surface area contributed by atoms with Crippen LogP contribution >= 0.6 is 11.6 Å². The Kier molecular flexibility index (Phi) is 5.71. The molecule has 2 amide bonds. The van der Waals surface area contributed by atoms with E-state index in [1.165, 1.54) is 17.1 Å². The molecule has 9 heteroatoms. The Morgan fingerprint density at radius 3 is 2.46 bits per heavy atom. The Morgan fingerprint density at radius 1 is 1.06 bits per heavy atom. The number of urea groups is 1. The molecule has 0 bridgehead atoms. The molecule has 2 heterocycles. The molecule has 5 nitrogen and oxygen atoms in total. The Morgan fingerprint density at radius 2 is 1.77 bits per heavy atom. The lowest BCUT2D eigenvalue weighted by Gasteiger charge is -2.40. The lowest BCUT2D eigenvalue weighted by Crippen LogP contribution is -2.48. The molecule has 0 saturated heterocycles. The molecule has 3 aromatic carbocycles. The number of hydrogen-bond acceptors (Lipinski definition) is 3. The molecular weight excluding hydrogens is 477 g/mol. The van der Waals surface area contributed by atoms with E-state index in [2.05, 4.69) is 34.4 Å². The topological polar surface area (TPSA) is 47.9 Å². The zero-order chi connectivity index (χ0) is 24.8. The molecule has 35 heavy (non-hydrogen) atoms. The number of carbonyl (C=O) groups is 1. The largest absolute Gasteiger partial charge is 0.416 e. The Balaban J connectivity index is 1.40. The maximum Gasteiger partial charge on any atom is 0.416 e. The molecule has 2 aliphatic heterocycles. The van der Waals surface area contributed by atoms with Crippen molar-refractivity contribution in [3.63, 3.8) is 0 Å². The number of nitrogens with one attached hydrogen (secondary N) is 1. The van der Waals surface area contributed by atoms with Crippen LogP contribution in [0.25, 0.3) is 0 Å². The first-order valence-corrected chi connectivity index (χ1v) is 11.4. The minimum Gasteiger partial charge on any atom is -0.366 e. The van der Waals surface area contributed by atoms with Crippen LogP contribution in [0.3, 0.4) is 0 Å².